The monoisotopic (exact) mass is 237 g/mol. The molecule has 1 rings (SSSR count). The third-order valence-corrected chi connectivity index (χ3v) is 4.60. The van der Waals surface area contributed by atoms with E-state index in [1.54, 1.807) is 0 Å². The topological polar surface area (TPSA) is 83.9 Å². The average Bonchev–Trinajstić information content (AvgIpc) is 2.63. The highest BCUT2D eigenvalue weighted by Gasteiger charge is 2.38. The van der Waals surface area contributed by atoms with Crippen molar-refractivity contribution in [2.45, 2.75) is 24.7 Å². The Morgan fingerprint density at radius 3 is 2.60 bits per heavy atom. The van der Waals surface area contributed by atoms with Crippen molar-refractivity contribution in [2.24, 2.45) is 0 Å². The summed E-state index contributed by atoms with van der Waals surface area (Å²) in [6, 6.07) is 0. The number of carbonyl (C=O) groups is 1. The minimum Gasteiger partial charge on any atom is -0.468 e. The summed E-state index contributed by atoms with van der Waals surface area (Å²) >= 11 is 0. The van der Waals surface area contributed by atoms with Crippen LogP contribution in [0.5, 0.6) is 0 Å². The summed E-state index contributed by atoms with van der Waals surface area (Å²) in [7, 11) is -2.54. The van der Waals surface area contributed by atoms with E-state index >= 15 is 0 Å². The van der Waals surface area contributed by atoms with Crippen molar-refractivity contribution in [2.75, 3.05) is 20.2 Å². The first-order chi connectivity index (χ1) is 6.89. The number of aliphatic hydroxyl groups excluding tert-OH is 1. The normalized spacial score (nSPS) is 25.1. The summed E-state index contributed by atoms with van der Waals surface area (Å²) in [6.45, 7) is 1.60. The molecule has 7 heteroatoms. The van der Waals surface area contributed by atoms with E-state index in [9.17, 15) is 18.3 Å². The molecule has 1 N–H and O–H groups in total. The van der Waals surface area contributed by atoms with Gasteiger partial charge in [0.05, 0.1) is 13.2 Å². The molecule has 0 bridgehead atoms. The van der Waals surface area contributed by atoms with Crippen molar-refractivity contribution < 1.29 is 23.1 Å². The molecule has 15 heavy (non-hydrogen) atoms. The molecule has 88 valence electrons. The molecule has 1 heterocycles. The number of carbonyl (C=O) groups excluding carboxylic acids is 1. The average molecular weight is 237 g/mol. The van der Waals surface area contributed by atoms with Crippen molar-refractivity contribution in [3.8, 4) is 0 Å². The molecular weight excluding hydrogens is 222 g/mol. The van der Waals surface area contributed by atoms with Crippen LogP contribution in [0.15, 0.2) is 0 Å². The predicted octanol–water partition coefficient (Wildman–Crippen LogP) is -1.06. The van der Waals surface area contributed by atoms with Crippen molar-refractivity contribution in [3.05, 3.63) is 0 Å². The molecule has 0 radical (unpaired) electrons. The summed E-state index contributed by atoms with van der Waals surface area (Å²) in [5, 5.41) is 8.00. The van der Waals surface area contributed by atoms with E-state index in [-0.39, 0.29) is 13.1 Å². The van der Waals surface area contributed by atoms with E-state index in [0.717, 1.165) is 11.4 Å². The largest absolute Gasteiger partial charge is 0.468 e. The van der Waals surface area contributed by atoms with Gasteiger partial charge in [-0.25, -0.2) is 8.42 Å². The first-order valence-electron chi connectivity index (χ1n) is 4.64. The van der Waals surface area contributed by atoms with Crippen molar-refractivity contribution >= 4 is 16.0 Å². The minimum absolute atomic E-state index is 0.0592. The molecule has 2 atom stereocenters. The number of hydrogen-bond donors (Lipinski definition) is 1. The molecule has 0 spiro atoms. The third kappa shape index (κ3) is 2.47. The van der Waals surface area contributed by atoms with E-state index in [4.69, 9.17) is 0 Å². The number of aliphatic hydroxyl groups is 1. The van der Waals surface area contributed by atoms with Gasteiger partial charge in [-0.2, -0.15) is 4.31 Å². The first kappa shape index (κ1) is 12.4. The van der Waals surface area contributed by atoms with Gasteiger partial charge in [-0.15, -0.1) is 0 Å². The van der Waals surface area contributed by atoms with Gasteiger partial charge in [0.15, 0.2) is 5.25 Å². The van der Waals surface area contributed by atoms with Crippen LogP contribution in [0.4, 0.5) is 0 Å². The van der Waals surface area contributed by atoms with Gasteiger partial charge in [0.25, 0.3) is 0 Å². The highest BCUT2D eigenvalue weighted by molar-refractivity contribution is 7.90. The fourth-order valence-electron chi connectivity index (χ4n) is 1.45. The van der Waals surface area contributed by atoms with E-state index in [0.29, 0.717) is 6.42 Å². The second kappa shape index (κ2) is 4.46. The molecule has 1 unspecified atom stereocenters. The molecule has 1 aliphatic rings. The lowest BCUT2D eigenvalue weighted by atomic mass is 10.3. The maximum absolute atomic E-state index is 11.8. The summed E-state index contributed by atoms with van der Waals surface area (Å²) < 4.78 is 29.1. The maximum Gasteiger partial charge on any atom is 0.325 e. The maximum atomic E-state index is 11.8. The Kier molecular flexibility index (Phi) is 3.69. The Hall–Kier alpha value is -0.660. The fraction of sp³-hybridized carbons (Fsp3) is 0.875. The van der Waals surface area contributed by atoms with Gasteiger partial charge >= 0.3 is 5.97 Å². The number of nitrogens with zero attached hydrogens (tertiary/aromatic N) is 1. The van der Waals surface area contributed by atoms with E-state index in [1.807, 2.05) is 0 Å². The van der Waals surface area contributed by atoms with Gasteiger partial charge in [0.2, 0.25) is 10.0 Å². The standard InChI is InChI=1S/C8H15NO5S/c1-6(8(11)14-2)15(12,13)9-4-3-7(10)5-9/h6-7,10H,3-5H2,1-2H3/t6?,7-/m0/s1. The van der Waals surface area contributed by atoms with Gasteiger partial charge in [-0.05, 0) is 13.3 Å². The summed E-state index contributed by atoms with van der Waals surface area (Å²) in [5.74, 6) is -0.781. The molecule has 0 aliphatic carbocycles. The lowest BCUT2D eigenvalue weighted by Gasteiger charge is -2.19. The molecule has 0 aromatic carbocycles. The van der Waals surface area contributed by atoms with Crippen LogP contribution in [0.3, 0.4) is 0 Å². The van der Waals surface area contributed by atoms with Crippen LogP contribution in [-0.4, -0.2) is 55.4 Å². The van der Waals surface area contributed by atoms with Crippen LogP contribution >= 0.6 is 0 Å². The number of methoxy groups -OCH3 is 1. The van der Waals surface area contributed by atoms with E-state index in [2.05, 4.69) is 4.74 Å². The van der Waals surface area contributed by atoms with E-state index in [1.165, 1.54) is 6.92 Å². The molecule has 0 saturated carbocycles. The Bertz CT molecular complexity index is 339. The Balaban J connectivity index is 2.79. The second-order valence-electron chi connectivity index (χ2n) is 3.51. The second-order valence-corrected chi connectivity index (χ2v) is 5.76. The zero-order valence-corrected chi connectivity index (χ0v) is 9.53. The zero-order valence-electron chi connectivity index (χ0n) is 8.71. The molecule has 1 saturated heterocycles. The summed E-state index contributed by atoms with van der Waals surface area (Å²) in [5.41, 5.74) is 0. The summed E-state index contributed by atoms with van der Waals surface area (Å²) in [6.07, 6.45) is -0.225. The SMILES string of the molecule is COC(=O)C(C)S(=O)(=O)N1CC[C@H](O)C1. The molecule has 0 amide bonds. The molecule has 0 aromatic rings. The van der Waals surface area contributed by atoms with Crippen LogP contribution in [0.1, 0.15) is 13.3 Å². The molecule has 0 aromatic heterocycles. The molecular formula is C8H15NO5S. The van der Waals surface area contributed by atoms with Gasteiger partial charge in [-0.1, -0.05) is 0 Å². The third-order valence-electron chi connectivity index (χ3n) is 2.47. The molecule has 6 nitrogen and oxygen atoms in total. The van der Waals surface area contributed by atoms with Crippen LogP contribution in [0, 0.1) is 0 Å². The van der Waals surface area contributed by atoms with Crippen molar-refractivity contribution in [1.29, 1.82) is 0 Å². The molecule has 1 fully saturated rings. The number of hydrogen-bond acceptors (Lipinski definition) is 5. The number of ether oxygens (including phenoxy) is 1. The van der Waals surface area contributed by atoms with Crippen LogP contribution in [0.2, 0.25) is 0 Å². The fourth-order valence-corrected chi connectivity index (χ4v) is 2.98. The lowest BCUT2D eigenvalue weighted by molar-refractivity contribution is -0.139. The zero-order chi connectivity index (χ0) is 11.6. The smallest absolute Gasteiger partial charge is 0.325 e. The van der Waals surface area contributed by atoms with Crippen molar-refractivity contribution in [1.82, 2.24) is 4.31 Å². The highest BCUT2D eigenvalue weighted by Crippen LogP contribution is 2.17. The van der Waals surface area contributed by atoms with Crippen LogP contribution < -0.4 is 0 Å². The Morgan fingerprint density at radius 1 is 1.60 bits per heavy atom. The lowest BCUT2D eigenvalue weighted by Crippen LogP contribution is -2.40. The first-order valence-corrected chi connectivity index (χ1v) is 6.14. The van der Waals surface area contributed by atoms with Crippen LogP contribution in [-0.2, 0) is 19.6 Å². The number of rotatable bonds is 3. The predicted molar refractivity (Wildman–Crippen MR) is 52.6 cm³/mol. The Labute approximate surface area is 88.9 Å². The summed E-state index contributed by atoms with van der Waals surface area (Å²) in [4.78, 5) is 11.1. The number of β-amino-alcohol motifs (C(OH)–C–C–N with tert-alkyl or cyclic N) is 1. The van der Waals surface area contributed by atoms with Gasteiger partial charge in [-0.3, -0.25) is 4.79 Å². The van der Waals surface area contributed by atoms with E-state index < -0.39 is 27.3 Å². The number of sulfonamides is 1. The van der Waals surface area contributed by atoms with Gasteiger partial charge in [0.1, 0.15) is 0 Å². The highest BCUT2D eigenvalue weighted by atomic mass is 32.2. The molecule has 1 aliphatic heterocycles. The van der Waals surface area contributed by atoms with Gasteiger partial charge in [0, 0.05) is 13.1 Å². The quantitative estimate of drug-likeness (QED) is 0.633. The Morgan fingerprint density at radius 2 is 2.20 bits per heavy atom. The van der Waals surface area contributed by atoms with Crippen LogP contribution in [0.25, 0.3) is 0 Å². The van der Waals surface area contributed by atoms with Gasteiger partial charge < -0.3 is 9.84 Å². The van der Waals surface area contributed by atoms with Crippen molar-refractivity contribution in [3.63, 3.8) is 0 Å². The number of esters is 1. The minimum atomic E-state index is -3.68.